The van der Waals surface area contributed by atoms with Crippen molar-refractivity contribution in [3.8, 4) is 0 Å². The molecule has 1 amide bonds. The lowest BCUT2D eigenvalue weighted by Gasteiger charge is -2.25. The van der Waals surface area contributed by atoms with Crippen molar-refractivity contribution in [2.45, 2.75) is 25.8 Å². The van der Waals surface area contributed by atoms with E-state index in [2.05, 4.69) is 5.32 Å². The smallest absolute Gasteiger partial charge is 0.224 e. The zero-order valence-corrected chi connectivity index (χ0v) is 7.50. The van der Waals surface area contributed by atoms with Crippen LogP contribution in [0, 0.1) is 6.42 Å². The van der Waals surface area contributed by atoms with Crippen molar-refractivity contribution in [3.05, 3.63) is 6.42 Å². The summed E-state index contributed by atoms with van der Waals surface area (Å²) in [5.41, 5.74) is -0.914. The van der Waals surface area contributed by atoms with Crippen molar-refractivity contribution in [1.82, 2.24) is 5.32 Å². The Balaban J connectivity index is 3.93. The number of carbonyl (C=O) groups is 1. The van der Waals surface area contributed by atoms with Crippen LogP contribution < -0.4 is 5.32 Å². The third-order valence-electron chi connectivity index (χ3n) is 1.51. The minimum Gasteiger partial charge on any atom is -0.394 e. The van der Waals surface area contributed by atoms with Gasteiger partial charge in [0.05, 0.1) is 18.8 Å². The Morgan fingerprint density at radius 3 is 2.33 bits per heavy atom. The largest absolute Gasteiger partial charge is 0.394 e. The summed E-state index contributed by atoms with van der Waals surface area (Å²) in [5, 5.41) is 20.1. The highest BCUT2D eigenvalue weighted by atomic mass is 16.3. The highest BCUT2D eigenvalue weighted by Gasteiger charge is 2.23. The van der Waals surface area contributed by atoms with Gasteiger partial charge >= 0.3 is 0 Å². The molecule has 12 heavy (non-hydrogen) atoms. The third-order valence-corrected chi connectivity index (χ3v) is 1.51. The number of carbonyl (C=O) groups excluding carboxylic acids is 1. The van der Waals surface area contributed by atoms with Crippen molar-refractivity contribution >= 4 is 5.91 Å². The molecule has 0 spiro atoms. The summed E-state index contributed by atoms with van der Waals surface area (Å²) in [6.07, 6.45) is 2.10. The summed E-state index contributed by atoms with van der Waals surface area (Å²) in [7, 11) is 0. The summed E-state index contributed by atoms with van der Waals surface area (Å²) < 4.78 is 0. The summed E-state index contributed by atoms with van der Waals surface area (Å²) in [6.45, 7) is 2.88. The molecule has 71 valence electrons. The molecule has 0 saturated heterocycles. The summed E-state index contributed by atoms with van der Waals surface area (Å²) >= 11 is 0. The van der Waals surface area contributed by atoms with E-state index in [1.807, 2.05) is 6.92 Å². The van der Waals surface area contributed by atoms with E-state index < -0.39 is 5.54 Å². The van der Waals surface area contributed by atoms with Gasteiger partial charge in [0.15, 0.2) is 0 Å². The first kappa shape index (κ1) is 11.4. The molecule has 1 radical (unpaired) electrons. The van der Waals surface area contributed by atoms with Crippen molar-refractivity contribution in [3.63, 3.8) is 0 Å². The van der Waals surface area contributed by atoms with Crippen LogP contribution in [0.2, 0.25) is 0 Å². The highest BCUT2D eigenvalue weighted by Crippen LogP contribution is 2.01. The van der Waals surface area contributed by atoms with Crippen LogP contribution in [0.3, 0.4) is 0 Å². The molecule has 0 aromatic rings. The number of aliphatic hydroxyl groups is 2. The monoisotopic (exact) mass is 174 g/mol. The Kier molecular flexibility index (Phi) is 4.85. The van der Waals surface area contributed by atoms with Gasteiger partial charge in [0.2, 0.25) is 5.91 Å². The van der Waals surface area contributed by atoms with Crippen LogP contribution in [0.1, 0.15) is 20.3 Å². The maximum atomic E-state index is 11.0. The molecular weight excluding hydrogens is 158 g/mol. The predicted octanol–water partition coefficient (Wildman–Crippen LogP) is -0.540. The predicted molar refractivity (Wildman–Crippen MR) is 45.3 cm³/mol. The van der Waals surface area contributed by atoms with Crippen LogP contribution in [-0.2, 0) is 4.79 Å². The molecule has 0 aliphatic heterocycles. The lowest BCUT2D eigenvalue weighted by atomic mass is 10.1. The Labute approximate surface area is 72.6 Å². The molecule has 0 aromatic heterocycles. The summed E-state index contributed by atoms with van der Waals surface area (Å²) in [4.78, 5) is 11.0. The molecule has 0 unspecified atom stereocenters. The maximum Gasteiger partial charge on any atom is 0.224 e. The van der Waals surface area contributed by atoms with E-state index in [4.69, 9.17) is 10.2 Å². The molecule has 0 aromatic carbocycles. The van der Waals surface area contributed by atoms with Gasteiger partial charge in [0.25, 0.3) is 0 Å². The fourth-order valence-electron chi connectivity index (χ4n) is 0.663. The van der Waals surface area contributed by atoms with Crippen LogP contribution in [0.5, 0.6) is 0 Å². The molecule has 0 fully saturated rings. The van der Waals surface area contributed by atoms with Gasteiger partial charge in [-0.3, -0.25) is 4.79 Å². The SMILES string of the molecule is CC[CH]C(=O)NC(C)(CO)CO. The summed E-state index contributed by atoms with van der Waals surface area (Å²) in [6, 6.07) is 0. The number of hydrogen-bond acceptors (Lipinski definition) is 3. The van der Waals surface area contributed by atoms with Crippen molar-refractivity contribution in [1.29, 1.82) is 0 Å². The fraction of sp³-hybridized carbons (Fsp3) is 0.750. The molecule has 0 saturated carbocycles. The number of rotatable bonds is 5. The zero-order chi connectivity index (χ0) is 9.61. The first-order valence-corrected chi connectivity index (χ1v) is 3.95. The molecule has 0 bridgehead atoms. The van der Waals surface area contributed by atoms with E-state index in [-0.39, 0.29) is 19.1 Å². The van der Waals surface area contributed by atoms with Gasteiger partial charge in [0, 0.05) is 6.42 Å². The Hall–Kier alpha value is -0.610. The van der Waals surface area contributed by atoms with E-state index in [1.165, 1.54) is 6.42 Å². The fourth-order valence-corrected chi connectivity index (χ4v) is 0.663. The van der Waals surface area contributed by atoms with E-state index in [0.717, 1.165) is 0 Å². The lowest BCUT2D eigenvalue weighted by Crippen LogP contribution is -2.51. The topological polar surface area (TPSA) is 69.6 Å². The second kappa shape index (κ2) is 5.11. The number of nitrogens with one attached hydrogen (secondary N) is 1. The number of amides is 1. The Morgan fingerprint density at radius 2 is 2.00 bits per heavy atom. The standard InChI is InChI=1S/C8H16NO3/c1-3-4-7(12)9-8(2,5-10)6-11/h4,10-11H,3,5-6H2,1-2H3,(H,9,12). The molecule has 0 rings (SSSR count). The van der Waals surface area contributed by atoms with Gasteiger partial charge < -0.3 is 15.5 Å². The maximum absolute atomic E-state index is 11.0. The Morgan fingerprint density at radius 1 is 1.50 bits per heavy atom. The van der Waals surface area contributed by atoms with Crippen molar-refractivity contribution in [2.75, 3.05) is 13.2 Å². The van der Waals surface area contributed by atoms with Crippen molar-refractivity contribution < 1.29 is 15.0 Å². The highest BCUT2D eigenvalue weighted by molar-refractivity contribution is 5.85. The van der Waals surface area contributed by atoms with Gasteiger partial charge in [-0.2, -0.15) is 0 Å². The molecular formula is C8H16NO3. The summed E-state index contributed by atoms with van der Waals surface area (Å²) in [5.74, 6) is -0.261. The second-order valence-electron chi connectivity index (χ2n) is 2.98. The average molecular weight is 174 g/mol. The zero-order valence-electron chi connectivity index (χ0n) is 7.50. The van der Waals surface area contributed by atoms with Gasteiger partial charge in [-0.05, 0) is 13.3 Å². The molecule has 4 heteroatoms. The first-order chi connectivity index (χ1) is 5.58. The van der Waals surface area contributed by atoms with Gasteiger partial charge in [0.1, 0.15) is 0 Å². The van der Waals surface area contributed by atoms with Gasteiger partial charge in [-0.15, -0.1) is 0 Å². The molecule has 0 aliphatic rings. The quantitative estimate of drug-likeness (QED) is 0.524. The van der Waals surface area contributed by atoms with E-state index in [9.17, 15) is 4.79 Å². The first-order valence-electron chi connectivity index (χ1n) is 3.95. The Bertz CT molecular complexity index is 143. The molecule has 0 atom stereocenters. The minimum absolute atomic E-state index is 0.261. The lowest BCUT2D eigenvalue weighted by molar-refractivity contribution is -0.120. The van der Waals surface area contributed by atoms with Crippen LogP contribution in [0.25, 0.3) is 0 Å². The average Bonchev–Trinajstić information content (AvgIpc) is 2.05. The van der Waals surface area contributed by atoms with E-state index >= 15 is 0 Å². The van der Waals surface area contributed by atoms with Crippen molar-refractivity contribution in [2.24, 2.45) is 0 Å². The normalized spacial score (nSPS) is 11.3. The molecule has 0 heterocycles. The molecule has 3 N–H and O–H groups in total. The van der Waals surface area contributed by atoms with Crippen LogP contribution in [-0.4, -0.2) is 34.9 Å². The molecule has 4 nitrogen and oxygen atoms in total. The van der Waals surface area contributed by atoms with Crippen LogP contribution in [0.15, 0.2) is 0 Å². The third kappa shape index (κ3) is 3.69. The van der Waals surface area contributed by atoms with Crippen LogP contribution >= 0.6 is 0 Å². The van der Waals surface area contributed by atoms with Crippen LogP contribution in [0.4, 0.5) is 0 Å². The molecule has 0 aliphatic carbocycles. The number of hydrogen-bond donors (Lipinski definition) is 3. The van der Waals surface area contributed by atoms with Gasteiger partial charge in [-0.25, -0.2) is 0 Å². The minimum atomic E-state index is -0.914. The second-order valence-corrected chi connectivity index (χ2v) is 2.98. The number of aliphatic hydroxyl groups excluding tert-OH is 2. The van der Waals surface area contributed by atoms with E-state index in [0.29, 0.717) is 6.42 Å². The van der Waals surface area contributed by atoms with Gasteiger partial charge in [-0.1, -0.05) is 6.92 Å². The van der Waals surface area contributed by atoms with E-state index in [1.54, 1.807) is 6.92 Å².